The van der Waals surface area contributed by atoms with Gasteiger partial charge in [-0.3, -0.25) is 0 Å². The third-order valence-corrected chi connectivity index (χ3v) is 8.99. The Morgan fingerprint density at radius 3 is 2.19 bits per heavy atom. The summed E-state index contributed by atoms with van der Waals surface area (Å²) >= 11 is 12.5. The van der Waals surface area contributed by atoms with Crippen molar-refractivity contribution in [2.24, 2.45) is 23.2 Å². The summed E-state index contributed by atoms with van der Waals surface area (Å²) in [5.41, 5.74) is 2.51. The molecule has 172 valence electrons. The van der Waals surface area contributed by atoms with Crippen LogP contribution >= 0.6 is 23.2 Å². The number of methoxy groups -OCH3 is 1. The SMILES string of the molecule is COc1cc(CN[C@H](C)C23CC4CC(CC(C4)C2)C3)ccc1OCc1c(Cl)cccc1Cl. The Kier molecular flexibility index (Phi) is 6.35. The molecule has 5 heteroatoms. The van der Waals surface area contributed by atoms with Crippen LogP contribution in [0.3, 0.4) is 0 Å². The largest absolute Gasteiger partial charge is 0.493 e. The molecule has 0 spiro atoms. The summed E-state index contributed by atoms with van der Waals surface area (Å²) in [6, 6.07) is 12.2. The highest BCUT2D eigenvalue weighted by atomic mass is 35.5. The minimum atomic E-state index is 0.301. The van der Waals surface area contributed by atoms with Gasteiger partial charge in [0.1, 0.15) is 6.61 Å². The molecule has 4 bridgehead atoms. The highest BCUT2D eigenvalue weighted by molar-refractivity contribution is 6.35. The third-order valence-electron chi connectivity index (χ3n) is 8.28. The van der Waals surface area contributed by atoms with E-state index >= 15 is 0 Å². The third kappa shape index (κ3) is 4.36. The number of halogens is 2. The fraction of sp³-hybridized carbons (Fsp3) is 0.556. The van der Waals surface area contributed by atoms with Crippen LogP contribution in [0.15, 0.2) is 36.4 Å². The van der Waals surface area contributed by atoms with Crippen LogP contribution in [0.4, 0.5) is 0 Å². The van der Waals surface area contributed by atoms with Crippen LogP contribution in [-0.4, -0.2) is 13.2 Å². The lowest BCUT2D eigenvalue weighted by molar-refractivity contribution is -0.0706. The summed E-state index contributed by atoms with van der Waals surface area (Å²) in [5.74, 6) is 4.37. The van der Waals surface area contributed by atoms with Crippen LogP contribution < -0.4 is 14.8 Å². The predicted molar refractivity (Wildman–Crippen MR) is 131 cm³/mol. The second-order valence-corrected chi connectivity index (χ2v) is 11.2. The summed E-state index contributed by atoms with van der Waals surface area (Å²) in [4.78, 5) is 0. The van der Waals surface area contributed by atoms with Gasteiger partial charge in [0.2, 0.25) is 0 Å². The van der Waals surface area contributed by atoms with Gasteiger partial charge in [0, 0.05) is 28.2 Å². The fourth-order valence-electron chi connectivity index (χ4n) is 6.96. The minimum Gasteiger partial charge on any atom is -0.493 e. The number of ether oxygens (including phenoxy) is 2. The molecule has 1 atom stereocenters. The molecule has 32 heavy (non-hydrogen) atoms. The van der Waals surface area contributed by atoms with Gasteiger partial charge < -0.3 is 14.8 Å². The summed E-state index contributed by atoms with van der Waals surface area (Å²) in [5, 5.41) is 5.08. The van der Waals surface area contributed by atoms with E-state index in [4.69, 9.17) is 32.7 Å². The molecule has 0 radical (unpaired) electrons. The molecule has 4 saturated carbocycles. The Morgan fingerprint density at radius 1 is 0.969 bits per heavy atom. The van der Waals surface area contributed by atoms with Crippen molar-refractivity contribution >= 4 is 23.2 Å². The van der Waals surface area contributed by atoms with Crippen molar-refractivity contribution in [3.8, 4) is 11.5 Å². The molecule has 6 rings (SSSR count). The van der Waals surface area contributed by atoms with Crippen LogP contribution in [0.5, 0.6) is 11.5 Å². The lowest BCUT2D eigenvalue weighted by Gasteiger charge is -2.59. The monoisotopic (exact) mass is 473 g/mol. The highest BCUT2D eigenvalue weighted by Gasteiger charge is 2.52. The second-order valence-electron chi connectivity index (χ2n) is 10.4. The fourth-order valence-corrected chi connectivity index (χ4v) is 7.46. The first-order valence-electron chi connectivity index (χ1n) is 11.9. The van der Waals surface area contributed by atoms with Gasteiger partial charge in [-0.25, -0.2) is 0 Å². The average Bonchev–Trinajstić information content (AvgIpc) is 2.76. The van der Waals surface area contributed by atoms with Gasteiger partial charge in [-0.05, 0) is 98.4 Å². The quantitative estimate of drug-likeness (QED) is 0.436. The Morgan fingerprint density at radius 2 is 1.59 bits per heavy atom. The molecule has 4 fully saturated rings. The zero-order valence-electron chi connectivity index (χ0n) is 19.0. The molecule has 0 unspecified atom stereocenters. The number of hydrogen-bond donors (Lipinski definition) is 1. The van der Waals surface area contributed by atoms with Gasteiger partial charge in [0.25, 0.3) is 0 Å². The van der Waals surface area contributed by atoms with Crippen molar-refractivity contribution in [2.45, 2.75) is 64.6 Å². The molecule has 1 N–H and O–H groups in total. The van der Waals surface area contributed by atoms with E-state index in [0.29, 0.717) is 33.9 Å². The van der Waals surface area contributed by atoms with Crippen LogP contribution in [0.25, 0.3) is 0 Å². The summed E-state index contributed by atoms with van der Waals surface area (Å²) in [6.45, 7) is 3.56. The standard InChI is InChI=1S/C27H33Cl2NO2/c1-17(27-12-19-8-20(13-27)10-21(9-19)14-27)30-15-18-6-7-25(26(11-18)31-2)32-16-22-23(28)4-3-5-24(22)29/h3-7,11,17,19-21,30H,8-10,12-16H2,1-2H3/t17-,19?,20?,21?,27?/m1/s1. The molecular formula is C27H33Cl2NO2. The summed E-state index contributed by atoms with van der Waals surface area (Å²) in [7, 11) is 1.68. The Balaban J connectivity index is 1.22. The maximum absolute atomic E-state index is 6.27. The number of benzene rings is 2. The molecule has 4 aliphatic carbocycles. The second kappa shape index (κ2) is 9.08. The van der Waals surface area contributed by atoms with Crippen molar-refractivity contribution in [3.63, 3.8) is 0 Å². The van der Waals surface area contributed by atoms with E-state index in [1.807, 2.05) is 24.3 Å². The Hall–Kier alpha value is -1.42. The van der Waals surface area contributed by atoms with Gasteiger partial charge in [-0.2, -0.15) is 0 Å². The van der Waals surface area contributed by atoms with Crippen molar-refractivity contribution in [2.75, 3.05) is 7.11 Å². The van der Waals surface area contributed by atoms with Crippen LogP contribution in [-0.2, 0) is 13.2 Å². The van der Waals surface area contributed by atoms with Gasteiger partial charge in [-0.1, -0.05) is 35.3 Å². The first kappa shape index (κ1) is 22.4. The lowest BCUT2D eigenvalue weighted by Crippen LogP contribution is -2.54. The minimum absolute atomic E-state index is 0.301. The molecule has 0 aromatic heterocycles. The number of rotatable bonds is 8. The maximum atomic E-state index is 6.27. The maximum Gasteiger partial charge on any atom is 0.161 e. The van der Waals surface area contributed by atoms with E-state index in [0.717, 1.165) is 35.6 Å². The molecule has 2 aromatic rings. The van der Waals surface area contributed by atoms with Crippen LogP contribution in [0, 0.1) is 23.2 Å². The zero-order valence-corrected chi connectivity index (χ0v) is 20.5. The smallest absolute Gasteiger partial charge is 0.161 e. The zero-order chi connectivity index (χ0) is 22.3. The van der Waals surface area contributed by atoms with Gasteiger partial charge in [0.15, 0.2) is 11.5 Å². The van der Waals surface area contributed by atoms with E-state index in [1.165, 1.54) is 44.1 Å². The number of nitrogens with one attached hydrogen (secondary N) is 1. The molecule has 0 aliphatic heterocycles. The summed E-state index contributed by atoms with van der Waals surface area (Å²) < 4.78 is 11.6. The molecular weight excluding hydrogens is 441 g/mol. The number of hydrogen-bond acceptors (Lipinski definition) is 3. The van der Waals surface area contributed by atoms with Crippen molar-refractivity contribution in [3.05, 3.63) is 57.6 Å². The molecule has 0 heterocycles. The summed E-state index contributed by atoms with van der Waals surface area (Å²) in [6.07, 6.45) is 8.74. The van der Waals surface area contributed by atoms with Crippen LogP contribution in [0.1, 0.15) is 56.6 Å². The highest BCUT2D eigenvalue weighted by Crippen LogP contribution is 2.61. The van der Waals surface area contributed by atoms with Crippen molar-refractivity contribution < 1.29 is 9.47 Å². The van der Waals surface area contributed by atoms with Gasteiger partial charge in [0.05, 0.1) is 7.11 Å². The Bertz CT molecular complexity index is 921. The molecule has 4 aliphatic rings. The normalized spacial score (nSPS) is 29.2. The lowest BCUT2D eigenvalue weighted by atomic mass is 9.48. The predicted octanol–water partition coefficient (Wildman–Crippen LogP) is 7.28. The van der Waals surface area contributed by atoms with E-state index in [2.05, 4.69) is 24.4 Å². The molecule has 3 nitrogen and oxygen atoms in total. The van der Waals surface area contributed by atoms with Gasteiger partial charge in [-0.15, -0.1) is 0 Å². The first-order chi connectivity index (χ1) is 15.5. The van der Waals surface area contributed by atoms with Gasteiger partial charge >= 0.3 is 0 Å². The van der Waals surface area contributed by atoms with E-state index in [1.54, 1.807) is 7.11 Å². The topological polar surface area (TPSA) is 30.5 Å². The Labute approximate surface area is 201 Å². The van der Waals surface area contributed by atoms with Crippen molar-refractivity contribution in [1.29, 1.82) is 0 Å². The van der Waals surface area contributed by atoms with E-state index in [-0.39, 0.29) is 0 Å². The van der Waals surface area contributed by atoms with E-state index < -0.39 is 0 Å². The molecule has 0 saturated heterocycles. The molecule has 0 amide bonds. The van der Waals surface area contributed by atoms with Crippen LogP contribution in [0.2, 0.25) is 10.0 Å². The molecule has 2 aromatic carbocycles. The first-order valence-corrected chi connectivity index (χ1v) is 12.7. The van der Waals surface area contributed by atoms with E-state index in [9.17, 15) is 0 Å². The average molecular weight is 474 g/mol. The van der Waals surface area contributed by atoms with Crippen molar-refractivity contribution in [1.82, 2.24) is 5.32 Å².